The molecule has 3 aromatic rings. The van der Waals surface area contributed by atoms with Gasteiger partial charge in [0.2, 0.25) is 0 Å². The van der Waals surface area contributed by atoms with Crippen LogP contribution in [0.2, 0.25) is 0 Å². The van der Waals surface area contributed by atoms with Crippen molar-refractivity contribution in [3.8, 4) is 11.4 Å². The number of halogens is 1. The Balaban J connectivity index is 1.59. The van der Waals surface area contributed by atoms with Crippen LogP contribution < -0.4 is 5.56 Å². The second-order valence-corrected chi connectivity index (χ2v) is 7.57. The summed E-state index contributed by atoms with van der Waals surface area (Å²) in [6.45, 7) is 2.37. The molecule has 6 nitrogen and oxygen atoms in total. The number of H-pyrrole nitrogens is 1. The summed E-state index contributed by atoms with van der Waals surface area (Å²) in [5.41, 5.74) is 2.29. The summed E-state index contributed by atoms with van der Waals surface area (Å²) in [4.78, 5) is 31.5. The van der Waals surface area contributed by atoms with Gasteiger partial charge in [-0.2, -0.15) is 0 Å². The zero-order valence-corrected chi connectivity index (χ0v) is 15.1. The Kier molecular flexibility index (Phi) is 4.26. The molecule has 0 spiro atoms. The van der Waals surface area contributed by atoms with Crippen molar-refractivity contribution in [3.63, 3.8) is 0 Å². The van der Waals surface area contributed by atoms with Gasteiger partial charge in [-0.05, 0) is 22.0 Å². The van der Waals surface area contributed by atoms with Gasteiger partial charge in [0.25, 0.3) is 5.56 Å². The predicted molar refractivity (Wildman–Crippen MR) is 95.7 cm³/mol. The van der Waals surface area contributed by atoms with Crippen molar-refractivity contribution in [3.05, 3.63) is 61.1 Å². The zero-order chi connectivity index (χ0) is 16.5. The lowest BCUT2D eigenvalue weighted by Crippen LogP contribution is -2.35. The Bertz CT molecular complexity index is 924. The van der Waals surface area contributed by atoms with Crippen LogP contribution in [0, 0.1) is 0 Å². The van der Waals surface area contributed by atoms with Crippen LogP contribution in [-0.2, 0) is 19.5 Å². The van der Waals surface area contributed by atoms with Gasteiger partial charge < -0.3 is 4.98 Å². The first-order valence-electron chi connectivity index (χ1n) is 7.52. The minimum atomic E-state index is -0.0732. The highest BCUT2D eigenvalue weighted by atomic mass is 79.9. The van der Waals surface area contributed by atoms with E-state index in [-0.39, 0.29) is 5.56 Å². The number of rotatable bonds is 3. The van der Waals surface area contributed by atoms with E-state index in [0.717, 1.165) is 40.8 Å². The molecule has 8 heteroatoms. The highest BCUT2D eigenvalue weighted by Crippen LogP contribution is 2.24. The zero-order valence-electron chi connectivity index (χ0n) is 12.7. The molecule has 0 amide bonds. The van der Waals surface area contributed by atoms with Gasteiger partial charge in [0, 0.05) is 53.2 Å². The van der Waals surface area contributed by atoms with E-state index >= 15 is 0 Å². The van der Waals surface area contributed by atoms with Gasteiger partial charge in [0.1, 0.15) is 12.2 Å². The number of thiophene rings is 1. The van der Waals surface area contributed by atoms with Crippen molar-refractivity contribution in [2.45, 2.75) is 19.5 Å². The second-order valence-electron chi connectivity index (χ2n) is 5.66. The Morgan fingerprint density at radius 3 is 2.92 bits per heavy atom. The fourth-order valence-corrected chi connectivity index (χ4v) is 4.32. The van der Waals surface area contributed by atoms with E-state index in [1.807, 2.05) is 0 Å². The summed E-state index contributed by atoms with van der Waals surface area (Å²) in [5, 5.41) is 2.08. The van der Waals surface area contributed by atoms with Gasteiger partial charge in [-0.1, -0.05) is 0 Å². The first-order valence-corrected chi connectivity index (χ1v) is 9.19. The maximum absolute atomic E-state index is 12.5. The number of aromatic nitrogens is 4. The third-order valence-electron chi connectivity index (χ3n) is 3.98. The van der Waals surface area contributed by atoms with Gasteiger partial charge in [0.15, 0.2) is 0 Å². The highest BCUT2D eigenvalue weighted by molar-refractivity contribution is 9.10. The Hall–Kier alpha value is -1.90. The summed E-state index contributed by atoms with van der Waals surface area (Å²) >= 11 is 5.21. The normalized spacial score (nSPS) is 14.5. The molecule has 0 aliphatic carbocycles. The third-order valence-corrected chi connectivity index (χ3v) is 5.67. The standard InChI is InChI=1S/C16H14BrN5OS/c17-11-3-12(24-8-11)6-22-2-1-14-13(7-22)16(23)21-15(20-14)10-4-18-9-19-5-10/h3-5,8-9H,1-2,6-7H2,(H,20,21,23). The van der Waals surface area contributed by atoms with Crippen LogP contribution in [0.15, 0.2) is 39.4 Å². The molecule has 0 aromatic carbocycles. The van der Waals surface area contributed by atoms with E-state index in [9.17, 15) is 4.79 Å². The maximum Gasteiger partial charge on any atom is 0.255 e. The van der Waals surface area contributed by atoms with Crippen LogP contribution in [0.5, 0.6) is 0 Å². The van der Waals surface area contributed by atoms with Crippen LogP contribution in [0.25, 0.3) is 11.4 Å². The molecular formula is C16H14BrN5OS. The number of hydrogen-bond acceptors (Lipinski definition) is 6. The van der Waals surface area contributed by atoms with Gasteiger partial charge >= 0.3 is 0 Å². The molecule has 0 bridgehead atoms. The fraction of sp³-hybridized carbons (Fsp3) is 0.250. The lowest BCUT2D eigenvalue weighted by molar-refractivity contribution is 0.244. The van der Waals surface area contributed by atoms with Crippen LogP contribution in [-0.4, -0.2) is 31.4 Å². The number of fused-ring (bicyclic) bond motifs is 1. The molecule has 122 valence electrons. The average molecular weight is 404 g/mol. The number of hydrogen-bond donors (Lipinski definition) is 1. The molecule has 0 saturated carbocycles. The molecule has 3 aromatic heterocycles. The largest absolute Gasteiger partial charge is 0.306 e. The summed E-state index contributed by atoms with van der Waals surface area (Å²) < 4.78 is 1.11. The molecule has 0 saturated heterocycles. The quantitative estimate of drug-likeness (QED) is 0.727. The lowest BCUT2D eigenvalue weighted by Gasteiger charge is -2.27. The molecule has 0 fully saturated rings. The molecule has 0 radical (unpaired) electrons. The molecule has 4 heterocycles. The van der Waals surface area contributed by atoms with Crippen molar-refractivity contribution in [1.82, 2.24) is 24.8 Å². The van der Waals surface area contributed by atoms with E-state index < -0.39 is 0 Å². The van der Waals surface area contributed by atoms with E-state index in [2.05, 4.69) is 52.2 Å². The van der Waals surface area contributed by atoms with E-state index in [1.54, 1.807) is 23.7 Å². The van der Waals surface area contributed by atoms with Crippen molar-refractivity contribution in [2.75, 3.05) is 6.54 Å². The second kappa shape index (κ2) is 6.54. The van der Waals surface area contributed by atoms with E-state index in [4.69, 9.17) is 0 Å². The maximum atomic E-state index is 12.5. The minimum Gasteiger partial charge on any atom is -0.306 e. The van der Waals surface area contributed by atoms with E-state index in [1.165, 1.54) is 11.2 Å². The van der Waals surface area contributed by atoms with Crippen LogP contribution >= 0.6 is 27.3 Å². The predicted octanol–water partition coefficient (Wildman–Crippen LogP) is 2.61. The number of nitrogens with one attached hydrogen (secondary N) is 1. The molecule has 1 aliphatic rings. The van der Waals surface area contributed by atoms with Crippen LogP contribution in [0.4, 0.5) is 0 Å². The van der Waals surface area contributed by atoms with Crippen molar-refractivity contribution in [2.24, 2.45) is 0 Å². The molecule has 4 rings (SSSR count). The molecule has 0 atom stereocenters. The average Bonchev–Trinajstić information content (AvgIpc) is 3.01. The Morgan fingerprint density at radius 1 is 1.33 bits per heavy atom. The van der Waals surface area contributed by atoms with Gasteiger partial charge in [-0.3, -0.25) is 9.69 Å². The lowest BCUT2D eigenvalue weighted by atomic mass is 10.1. The van der Waals surface area contributed by atoms with Crippen LogP contribution in [0.1, 0.15) is 16.1 Å². The summed E-state index contributed by atoms with van der Waals surface area (Å²) in [6.07, 6.45) is 5.54. The molecular weight excluding hydrogens is 390 g/mol. The smallest absolute Gasteiger partial charge is 0.255 e. The van der Waals surface area contributed by atoms with Gasteiger partial charge in [0.05, 0.1) is 16.8 Å². The topological polar surface area (TPSA) is 74.8 Å². The van der Waals surface area contributed by atoms with Crippen molar-refractivity contribution in [1.29, 1.82) is 0 Å². The highest BCUT2D eigenvalue weighted by Gasteiger charge is 2.22. The monoisotopic (exact) mass is 403 g/mol. The summed E-state index contributed by atoms with van der Waals surface area (Å²) in [6, 6.07) is 2.13. The SMILES string of the molecule is O=c1[nH]c(-c2cncnc2)nc2c1CN(Cc1cc(Br)cs1)CC2. The summed E-state index contributed by atoms with van der Waals surface area (Å²) in [5.74, 6) is 0.537. The molecule has 0 unspecified atom stereocenters. The van der Waals surface area contributed by atoms with Gasteiger partial charge in [-0.25, -0.2) is 15.0 Å². The number of nitrogens with zero attached hydrogens (tertiary/aromatic N) is 4. The third kappa shape index (κ3) is 3.17. The van der Waals surface area contributed by atoms with Crippen LogP contribution in [0.3, 0.4) is 0 Å². The van der Waals surface area contributed by atoms with Gasteiger partial charge in [-0.15, -0.1) is 11.3 Å². The van der Waals surface area contributed by atoms with Crippen molar-refractivity contribution < 1.29 is 0 Å². The Morgan fingerprint density at radius 2 is 2.17 bits per heavy atom. The first-order chi connectivity index (χ1) is 11.7. The van der Waals surface area contributed by atoms with E-state index in [0.29, 0.717) is 12.4 Å². The van der Waals surface area contributed by atoms with Crippen molar-refractivity contribution >= 4 is 27.3 Å². The Labute approximate surface area is 150 Å². The number of aromatic amines is 1. The molecule has 1 N–H and O–H groups in total. The minimum absolute atomic E-state index is 0.0732. The summed E-state index contributed by atoms with van der Waals surface area (Å²) in [7, 11) is 0. The molecule has 24 heavy (non-hydrogen) atoms. The molecule has 1 aliphatic heterocycles. The fourth-order valence-electron chi connectivity index (χ4n) is 2.83. The first kappa shape index (κ1) is 15.6.